The van der Waals surface area contributed by atoms with E-state index >= 15 is 0 Å². The van der Waals surface area contributed by atoms with E-state index in [1.807, 2.05) is 18.3 Å². The van der Waals surface area contributed by atoms with E-state index in [9.17, 15) is 4.79 Å². The van der Waals surface area contributed by atoms with E-state index in [1.165, 1.54) is 5.56 Å². The van der Waals surface area contributed by atoms with Gasteiger partial charge in [-0.1, -0.05) is 18.2 Å². The summed E-state index contributed by atoms with van der Waals surface area (Å²) >= 11 is 0. The normalized spacial score (nSPS) is 15.5. The van der Waals surface area contributed by atoms with Crippen molar-refractivity contribution < 1.29 is 4.79 Å². The molecule has 1 aromatic heterocycles. The van der Waals surface area contributed by atoms with E-state index in [0.29, 0.717) is 11.9 Å². The van der Waals surface area contributed by atoms with Crippen LogP contribution in [0.2, 0.25) is 0 Å². The summed E-state index contributed by atoms with van der Waals surface area (Å²) in [5.41, 5.74) is 3.48. The SMILES string of the molecule is C[C@@H](c1cccc(-c2ccc(NC(=O)C3CC3)nc2)c1)N(C)C. The second-order valence-corrected chi connectivity index (χ2v) is 6.46. The van der Waals surface area contributed by atoms with Crippen LogP contribution in [-0.4, -0.2) is 29.9 Å². The Morgan fingerprint density at radius 1 is 1.22 bits per heavy atom. The van der Waals surface area contributed by atoms with E-state index < -0.39 is 0 Å². The Hall–Kier alpha value is -2.20. The number of nitrogens with zero attached hydrogens (tertiary/aromatic N) is 2. The number of hydrogen-bond acceptors (Lipinski definition) is 3. The number of aromatic nitrogens is 1. The maximum atomic E-state index is 11.8. The van der Waals surface area contributed by atoms with Crippen LogP contribution in [0.4, 0.5) is 5.82 Å². The van der Waals surface area contributed by atoms with Gasteiger partial charge in [-0.15, -0.1) is 0 Å². The van der Waals surface area contributed by atoms with Crippen LogP contribution in [0, 0.1) is 5.92 Å². The van der Waals surface area contributed by atoms with Crippen LogP contribution in [0.25, 0.3) is 11.1 Å². The van der Waals surface area contributed by atoms with Gasteiger partial charge >= 0.3 is 0 Å². The zero-order valence-corrected chi connectivity index (χ0v) is 13.9. The number of rotatable bonds is 5. The zero-order valence-electron chi connectivity index (χ0n) is 13.9. The predicted octanol–water partition coefficient (Wildman–Crippen LogP) is 3.72. The van der Waals surface area contributed by atoms with E-state index in [-0.39, 0.29) is 11.8 Å². The van der Waals surface area contributed by atoms with E-state index in [1.54, 1.807) is 0 Å². The third-order valence-corrected chi connectivity index (χ3v) is 4.44. The summed E-state index contributed by atoms with van der Waals surface area (Å²) in [6.45, 7) is 2.19. The molecular formula is C19H23N3O. The molecule has 1 atom stereocenters. The molecule has 1 aliphatic carbocycles. The fraction of sp³-hybridized carbons (Fsp3) is 0.368. The molecule has 1 aromatic carbocycles. The second-order valence-electron chi connectivity index (χ2n) is 6.46. The minimum atomic E-state index is 0.0899. The summed E-state index contributed by atoms with van der Waals surface area (Å²) in [6.07, 6.45) is 3.82. The van der Waals surface area contributed by atoms with Crippen molar-refractivity contribution in [2.75, 3.05) is 19.4 Å². The van der Waals surface area contributed by atoms with Gasteiger partial charge in [-0.25, -0.2) is 4.98 Å². The first-order valence-corrected chi connectivity index (χ1v) is 8.08. The first-order chi connectivity index (χ1) is 11.0. The van der Waals surface area contributed by atoms with Crippen LogP contribution < -0.4 is 5.32 Å². The minimum Gasteiger partial charge on any atom is -0.310 e. The van der Waals surface area contributed by atoms with Crippen molar-refractivity contribution in [2.24, 2.45) is 5.92 Å². The third kappa shape index (κ3) is 3.77. The van der Waals surface area contributed by atoms with Gasteiger partial charge in [0.05, 0.1) is 0 Å². The molecule has 0 spiro atoms. The number of carbonyl (C=O) groups is 1. The Morgan fingerprint density at radius 3 is 2.61 bits per heavy atom. The number of carbonyl (C=O) groups excluding carboxylic acids is 1. The Labute approximate surface area is 137 Å². The standard InChI is InChI=1S/C19H23N3O/c1-13(22(2)3)15-5-4-6-16(11-15)17-9-10-18(20-12-17)21-19(23)14-7-8-14/h4-6,9-14H,7-8H2,1-3H3,(H,20,21,23)/t13-/m0/s1. The monoisotopic (exact) mass is 309 g/mol. The zero-order chi connectivity index (χ0) is 16.4. The first kappa shape index (κ1) is 15.7. The summed E-state index contributed by atoms with van der Waals surface area (Å²) in [5.74, 6) is 0.913. The fourth-order valence-electron chi connectivity index (χ4n) is 2.49. The van der Waals surface area contributed by atoms with Crippen molar-refractivity contribution >= 4 is 11.7 Å². The van der Waals surface area contributed by atoms with Crippen LogP contribution >= 0.6 is 0 Å². The lowest BCUT2D eigenvalue weighted by atomic mass is 10.0. The molecule has 1 N–H and O–H groups in total. The lowest BCUT2D eigenvalue weighted by Gasteiger charge is -2.20. The molecule has 1 saturated carbocycles. The molecular weight excluding hydrogens is 286 g/mol. The van der Waals surface area contributed by atoms with Crippen molar-refractivity contribution in [1.29, 1.82) is 0 Å². The van der Waals surface area contributed by atoms with Crippen molar-refractivity contribution in [3.05, 3.63) is 48.2 Å². The largest absolute Gasteiger partial charge is 0.310 e. The number of benzene rings is 1. The van der Waals surface area contributed by atoms with Crippen LogP contribution in [0.5, 0.6) is 0 Å². The molecule has 4 nitrogen and oxygen atoms in total. The highest BCUT2D eigenvalue weighted by Crippen LogP contribution is 2.30. The predicted molar refractivity (Wildman–Crippen MR) is 93.1 cm³/mol. The average Bonchev–Trinajstić information content (AvgIpc) is 3.40. The van der Waals surface area contributed by atoms with Crippen molar-refractivity contribution in [3.63, 3.8) is 0 Å². The molecule has 0 saturated heterocycles. The molecule has 0 unspecified atom stereocenters. The number of amides is 1. The molecule has 3 rings (SSSR count). The Bertz CT molecular complexity index is 690. The molecule has 1 aliphatic rings. The molecule has 0 aliphatic heterocycles. The fourth-order valence-corrected chi connectivity index (χ4v) is 2.49. The van der Waals surface area contributed by atoms with Crippen LogP contribution in [0.3, 0.4) is 0 Å². The van der Waals surface area contributed by atoms with Crippen molar-refractivity contribution in [2.45, 2.75) is 25.8 Å². The molecule has 0 radical (unpaired) electrons. The van der Waals surface area contributed by atoms with Gasteiger partial charge in [-0.05, 0) is 63.2 Å². The van der Waals surface area contributed by atoms with Gasteiger partial charge in [0.15, 0.2) is 0 Å². The van der Waals surface area contributed by atoms with E-state index in [4.69, 9.17) is 0 Å². The van der Waals surface area contributed by atoms with Crippen molar-refractivity contribution in [1.82, 2.24) is 9.88 Å². The molecule has 120 valence electrons. The quantitative estimate of drug-likeness (QED) is 0.915. The van der Waals surface area contributed by atoms with Gasteiger partial charge in [0, 0.05) is 23.7 Å². The second kappa shape index (κ2) is 6.50. The molecule has 2 aromatic rings. The van der Waals surface area contributed by atoms with Crippen LogP contribution in [0.1, 0.15) is 31.4 Å². The average molecular weight is 309 g/mol. The minimum absolute atomic E-state index is 0.0899. The van der Waals surface area contributed by atoms with E-state index in [2.05, 4.69) is 60.5 Å². The summed E-state index contributed by atoms with van der Waals surface area (Å²) in [7, 11) is 4.16. The smallest absolute Gasteiger partial charge is 0.228 e. The van der Waals surface area contributed by atoms with Gasteiger partial charge in [-0.3, -0.25) is 4.79 Å². The number of nitrogens with one attached hydrogen (secondary N) is 1. The Kier molecular flexibility index (Phi) is 4.44. The van der Waals surface area contributed by atoms with Crippen LogP contribution in [0.15, 0.2) is 42.6 Å². The van der Waals surface area contributed by atoms with Gasteiger partial charge in [0.25, 0.3) is 0 Å². The van der Waals surface area contributed by atoms with E-state index in [0.717, 1.165) is 24.0 Å². The highest BCUT2D eigenvalue weighted by Gasteiger charge is 2.29. The maximum Gasteiger partial charge on any atom is 0.228 e. The molecule has 1 fully saturated rings. The molecule has 1 amide bonds. The van der Waals surface area contributed by atoms with Gasteiger partial charge in [0.2, 0.25) is 5.91 Å². The van der Waals surface area contributed by atoms with Gasteiger partial charge in [0.1, 0.15) is 5.82 Å². The first-order valence-electron chi connectivity index (χ1n) is 8.08. The number of hydrogen-bond donors (Lipinski definition) is 1. The lowest BCUT2D eigenvalue weighted by molar-refractivity contribution is -0.117. The number of pyridine rings is 1. The summed E-state index contributed by atoms with van der Waals surface area (Å²) in [5, 5.41) is 2.87. The summed E-state index contributed by atoms with van der Waals surface area (Å²) < 4.78 is 0. The maximum absolute atomic E-state index is 11.8. The Morgan fingerprint density at radius 2 is 2.00 bits per heavy atom. The van der Waals surface area contributed by atoms with Gasteiger partial charge < -0.3 is 10.2 Å². The van der Waals surface area contributed by atoms with Crippen molar-refractivity contribution in [3.8, 4) is 11.1 Å². The van der Waals surface area contributed by atoms with Gasteiger partial charge in [-0.2, -0.15) is 0 Å². The highest BCUT2D eigenvalue weighted by molar-refractivity contribution is 5.93. The topological polar surface area (TPSA) is 45.2 Å². The highest BCUT2D eigenvalue weighted by atomic mass is 16.2. The molecule has 23 heavy (non-hydrogen) atoms. The molecule has 0 bridgehead atoms. The van der Waals surface area contributed by atoms with Crippen LogP contribution in [-0.2, 0) is 4.79 Å². The molecule has 1 heterocycles. The lowest BCUT2D eigenvalue weighted by Crippen LogP contribution is -2.16. The Balaban J connectivity index is 1.76. The number of anilines is 1. The third-order valence-electron chi connectivity index (χ3n) is 4.44. The molecule has 4 heteroatoms. The summed E-state index contributed by atoms with van der Waals surface area (Å²) in [4.78, 5) is 18.3. The summed E-state index contributed by atoms with van der Waals surface area (Å²) in [6, 6.07) is 12.8.